The number of allylic oxidation sites excluding steroid dienone is 1. The number of halogens is 6. The molecule has 13 heteroatoms. The van der Waals surface area contributed by atoms with Crippen molar-refractivity contribution < 1.29 is 50.9 Å². The number of carbonyl (C=O) groups is 2. The molecule has 2 amide bonds. The summed E-state index contributed by atoms with van der Waals surface area (Å²) in [7, 11) is 0. The summed E-state index contributed by atoms with van der Waals surface area (Å²) in [6, 6.07) is 12.7. The molecule has 2 saturated heterocycles. The van der Waals surface area contributed by atoms with Gasteiger partial charge < -0.3 is 14.9 Å². The Bertz CT molecular complexity index is 1720. The molecule has 0 unspecified atom stereocenters. The number of rotatable bonds is 7. The van der Waals surface area contributed by atoms with Crippen LogP contribution in [0, 0.1) is 17.8 Å². The van der Waals surface area contributed by atoms with Crippen molar-refractivity contribution >= 4 is 29.2 Å². The lowest BCUT2D eigenvalue weighted by Crippen LogP contribution is -2.35. The van der Waals surface area contributed by atoms with Gasteiger partial charge in [-0.1, -0.05) is 18.2 Å². The normalized spacial score (nSPS) is 23.4. The Morgan fingerprint density at radius 2 is 1.62 bits per heavy atom. The maximum Gasteiger partial charge on any atom is 0.416 e. The second-order valence-corrected chi connectivity index (χ2v) is 11.8. The van der Waals surface area contributed by atoms with E-state index in [1.165, 1.54) is 0 Å². The van der Waals surface area contributed by atoms with E-state index in [2.05, 4.69) is 4.98 Å². The molecule has 0 saturated carbocycles. The van der Waals surface area contributed by atoms with Gasteiger partial charge in [0.1, 0.15) is 5.75 Å². The van der Waals surface area contributed by atoms with Crippen molar-refractivity contribution in [3.05, 3.63) is 100 Å². The van der Waals surface area contributed by atoms with E-state index in [1.54, 1.807) is 36.5 Å². The number of hydrogen-bond donors (Lipinski definition) is 2. The van der Waals surface area contributed by atoms with Gasteiger partial charge in [0.25, 0.3) is 0 Å². The third kappa shape index (κ3) is 6.29. The Labute approximate surface area is 264 Å². The Balaban J connectivity index is 1.29. The number of anilines is 1. The SMILES string of the molecule is O=C1[C@@H]2[C@@H](CC(CO)=C3[C@@H](CC/C(=C/c4ccc(O)cc4)c4ccccn4)OC[C@@H]32)C(=O)N1c1cc(C(F)(F)F)cc(C(F)(F)F)c1. The van der Waals surface area contributed by atoms with Crippen LogP contribution in [-0.2, 0) is 26.7 Å². The Hall–Kier alpha value is -4.49. The highest BCUT2D eigenvalue weighted by molar-refractivity contribution is 6.22. The monoisotopic (exact) mass is 658 g/mol. The standard InChI is InChI=1S/C34H28F6N2O5/c35-33(36,37)21-13-22(34(38,39)40)15-23(14-21)42-31(45)25-12-20(16-43)29-26(30(25)32(42)46)17-47-28(29)9-6-19(27-3-1-2-10-41-27)11-18-4-7-24(44)8-5-18/h1-5,7-8,10-11,13-15,25-26,28,30,43-44H,6,9,12,16-17H2/b19-11-/t25-,26+,28-,30-/m1/s1. The van der Waals surface area contributed by atoms with Crippen LogP contribution >= 0.6 is 0 Å². The van der Waals surface area contributed by atoms with Crippen molar-refractivity contribution in [2.45, 2.75) is 37.7 Å². The summed E-state index contributed by atoms with van der Waals surface area (Å²) < 4.78 is 87.6. The molecule has 6 rings (SSSR count). The van der Waals surface area contributed by atoms with Gasteiger partial charge in [0, 0.05) is 12.1 Å². The number of aromatic hydroxyl groups is 1. The van der Waals surface area contributed by atoms with Gasteiger partial charge in [-0.2, -0.15) is 26.3 Å². The van der Waals surface area contributed by atoms with E-state index in [4.69, 9.17) is 4.74 Å². The van der Waals surface area contributed by atoms with Gasteiger partial charge in [0.15, 0.2) is 0 Å². The summed E-state index contributed by atoms with van der Waals surface area (Å²) in [4.78, 5) is 32.2. The number of aliphatic hydroxyl groups excluding tert-OH is 1. The first kappa shape index (κ1) is 32.5. The van der Waals surface area contributed by atoms with Gasteiger partial charge >= 0.3 is 12.4 Å². The summed E-state index contributed by atoms with van der Waals surface area (Å²) in [5.41, 5.74) is -0.651. The van der Waals surface area contributed by atoms with Gasteiger partial charge in [-0.15, -0.1) is 0 Å². The topological polar surface area (TPSA) is 100.0 Å². The molecule has 7 nitrogen and oxygen atoms in total. The molecule has 2 aliphatic heterocycles. The fourth-order valence-electron chi connectivity index (χ4n) is 6.83. The zero-order valence-corrected chi connectivity index (χ0v) is 24.6. The van der Waals surface area contributed by atoms with Gasteiger partial charge in [-0.25, -0.2) is 4.90 Å². The Morgan fingerprint density at radius 1 is 0.936 bits per heavy atom. The second kappa shape index (κ2) is 12.3. The highest BCUT2D eigenvalue weighted by Gasteiger charge is 2.57. The van der Waals surface area contributed by atoms with Crippen molar-refractivity contribution in [1.82, 2.24) is 4.98 Å². The number of fused-ring (bicyclic) bond motifs is 3. The van der Waals surface area contributed by atoms with E-state index in [0.29, 0.717) is 46.7 Å². The number of alkyl halides is 6. The number of hydrogen-bond acceptors (Lipinski definition) is 6. The van der Waals surface area contributed by atoms with Gasteiger partial charge in [0.05, 0.1) is 53.7 Å². The number of pyridine rings is 1. The highest BCUT2D eigenvalue weighted by Crippen LogP contribution is 2.51. The fourth-order valence-corrected chi connectivity index (χ4v) is 6.83. The van der Waals surface area contributed by atoms with Crippen LogP contribution in [0.1, 0.15) is 41.6 Å². The second-order valence-electron chi connectivity index (χ2n) is 11.8. The molecule has 1 aliphatic carbocycles. The van der Waals surface area contributed by atoms with Crippen molar-refractivity contribution in [1.29, 1.82) is 0 Å². The minimum absolute atomic E-state index is 0.0193. The fraction of sp³-hybridized carbons (Fsp3) is 0.324. The number of benzene rings is 2. The molecule has 3 heterocycles. The molecule has 1 aromatic heterocycles. The average Bonchev–Trinajstić information content (AvgIpc) is 3.57. The molecule has 0 spiro atoms. The number of phenolic OH excluding ortho intramolecular Hbond substituents is 1. The molecule has 3 aliphatic rings. The van der Waals surface area contributed by atoms with E-state index >= 15 is 0 Å². The summed E-state index contributed by atoms with van der Waals surface area (Å²) in [6.07, 6.45) is -6.60. The van der Waals surface area contributed by atoms with E-state index in [0.717, 1.165) is 11.1 Å². The molecule has 0 radical (unpaired) electrons. The zero-order chi connectivity index (χ0) is 33.7. The Kier molecular flexibility index (Phi) is 8.47. The van der Waals surface area contributed by atoms with E-state index in [-0.39, 0.29) is 24.8 Å². The summed E-state index contributed by atoms with van der Waals surface area (Å²) in [5.74, 6) is -4.58. The molecule has 47 heavy (non-hydrogen) atoms. The first-order valence-corrected chi connectivity index (χ1v) is 14.8. The lowest BCUT2D eigenvalue weighted by Gasteiger charge is -2.31. The van der Waals surface area contributed by atoms with Gasteiger partial charge in [-0.3, -0.25) is 14.6 Å². The van der Waals surface area contributed by atoms with E-state index in [9.17, 15) is 46.1 Å². The number of aromatic nitrogens is 1. The van der Waals surface area contributed by atoms with Crippen LogP contribution in [0.15, 0.2) is 78.0 Å². The van der Waals surface area contributed by atoms with Crippen LogP contribution in [0.25, 0.3) is 11.6 Å². The minimum atomic E-state index is -5.16. The van der Waals surface area contributed by atoms with Crippen LogP contribution in [0.3, 0.4) is 0 Å². The lowest BCUT2D eigenvalue weighted by molar-refractivity contribution is -0.143. The maximum absolute atomic E-state index is 13.8. The van der Waals surface area contributed by atoms with Crippen molar-refractivity contribution in [3.8, 4) is 5.75 Å². The first-order chi connectivity index (χ1) is 22.3. The van der Waals surface area contributed by atoms with Crippen molar-refractivity contribution in [3.63, 3.8) is 0 Å². The summed E-state index contributed by atoms with van der Waals surface area (Å²) >= 11 is 0. The molecular weight excluding hydrogens is 630 g/mol. The van der Waals surface area contributed by atoms with Crippen LogP contribution < -0.4 is 4.90 Å². The van der Waals surface area contributed by atoms with Crippen LogP contribution in [-0.4, -0.2) is 46.3 Å². The number of amides is 2. The predicted molar refractivity (Wildman–Crippen MR) is 157 cm³/mol. The van der Waals surface area contributed by atoms with E-state index in [1.807, 2.05) is 18.2 Å². The molecule has 246 valence electrons. The number of phenols is 1. The van der Waals surface area contributed by atoms with Crippen LogP contribution in [0.4, 0.5) is 32.0 Å². The first-order valence-electron chi connectivity index (χ1n) is 14.8. The number of ether oxygens (including phenoxy) is 1. The summed E-state index contributed by atoms with van der Waals surface area (Å²) in [6.45, 7) is -0.483. The molecule has 0 bridgehead atoms. The number of aliphatic hydroxyl groups is 1. The van der Waals surface area contributed by atoms with E-state index < -0.39 is 71.4 Å². The third-order valence-electron chi connectivity index (χ3n) is 8.93. The Morgan fingerprint density at radius 3 is 2.21 bits per heavy atom. The molecular formula is C34H28F6N2O5. The third-order valence-corrected chi connectivity index (χ3v) is 8.93. The predicted octanol–water partition coefficient (Wildman–Crippen LogP) is 6.66. The van der Waals surface area contributed by atoms with Gasteiger partial charge in [0.2, 0.25) is 11.8 Å². The maximum atomic E-state index is 13.8. The van der Waals surface area contributed by atoms with Gasteiger partial charge in [-0.05, 0) is 90.1 Å². The molecule has 2 aromatic carbocycles. The highest BCUT2D eigenvalue weighted by atomic mass is 19.4. The number of imide groups is 1. The smallest absolute Gasteiger partial charge is 0.416 e. The number of nitrogens with zero attached hydrogens (tertiary/aromatic N) is 2. The molecule has 2 fully saturated rings. The molecule has 2 N–H and O–H groups in total. The largest absolute Gasteiger partial charge is 0.508 e. The molecule has 3 aromatic rings. The minimum Gasteiger partial charge on any atom is -0.508 e. The lowest BCUT2D eigenvalue weighted by atomic mass is 9.69. The van der Waals surface area contributed by atoms with Crippen molar-refractivity contribution in [2.75, 3.05) is 18.1 Å². The number of carbonyl (C=O) groups excluding carboxylic acids is 2. The zero-order valence-electron chi connectivity index (χ0n) is 24.6. The van der Waals surface area contributed by atoms with Crippen LogP contribution in [0.5, 0.6) is 5.75 Å². The summed E-state index contributed by atoms with van der Waals surface area (Å²) in [5, 5.41) is 20.0. The average molecular weight is 659 g/mol. The molecule has 4 atom stereocenters. The van der Waals surface area contributed by atoms with Crippen LogP contribution in [0.2, 0.25) is 0 Å². The quantitative estimate of drug-likeness (QED) is 0.167. The van der Waals surface area contributed by atoms with Crippen molar-refractivity contribution in [2.24, 2.45) is 17.8 Å².